The summed E-state index contributed by atoms with van der Waals surface area (Å²) in [6.45, 7) is 10.3. The van der Waals surface area contributed by atoms with Crippen LogP contribution in [0.2, 0.25) is 5.02 Å². The third kappa shape index (κ3) is 5.88. The van der Waals surface area contributed by atoms with E-state index in [9.17, 15) is 14.0 Å². The molecule has 2 aromatic carbocycles. The minimum Gasteiger partial charge on any atom is -0.374 e. The summed E-state index contributed by atoms with van der Waals surface area (Å²) >= 11 is 8.59. The molecule has 3 heterocycles. The Labute approximate surface area is 248 Å². The first-order chi connectivity index (χ1) is 19.6. The largest absolute Gasteiger partial charge is 0.374 e. The molecule has 8 nitrogen and oxygen atoms in total. The fraction of sp³-hybridized carbons (Fsp3) is 0.433. The number of hydrogen-bond acceptors (Lipinski definition) is 7. The number of hydrogen-bond donors (Lipinski definition) is 0. The molecule has 1 fully saturated rings. The summed E-state index contributed by atoms with van der Waals surface area (Å²) < 4.78 is 21.7. The molecule has 0 bridgehead atoms. The van der Waals surface area contributed by atoms with Crippen molar-refractivity contribution in [3.05, 3.63) is 64.3 Å². The molecule has 0 spiro atoms. The lowest BCUT2D eigenvalue weighted by Gasteiger charge is -2.44. The molecule has 3 aromatic rings. The molecule has 0 radical (unpaired) electrons. The Morgan fingerprint density at radius 1 is 1.22 bits per heavy atom. The van der Waals surface area contributed by atoms with Crippen LogP contribution in [0, 0.1) is 5.82 Å². The van der Waals surface area contributed by atoms with E-state index >= 15 is 0 Å². The van der Waals surface area contributed by atoms with E-state index in [4.69, 9.17) is 16.3 Å². The van der Waals surface area contributed by atoms with E-state index in [2.05, 4.69) is 21.4 Å². The Kier molecular flexibility index (Phi) is 8.75. The number of piperazine rings is 1. The second-order valence-corrected chi connectivity index (χ2v) is 12.4. The number of amides is 1. The van der Waals surface area contributed by atoms with Crippen molar-refractivity contribution < 1.29 is 13.9 Å². The van der Waals surface area contributed by atoms with Crippen LogP contribution in [0.5, 0.6) is 0 Å². The van der Waals surface area contributed by atoms with Gasteiger partial charge in [-0.25, -0.2) is 9.18 Å². The van der Waals surface area contributed by atoms with Crippen molar-refractivity contribution in [1.29, 1.82) is 0 Å². The first-order valence-electron chi connectivity index (χ1n) is 13.7. The fourth-order valence-corrected chi connectivity index (χ4v) is 7.42. The van der Waals surface area contributed by atoms with Gasteiger partial charge in [0.1, 0.15) is 11.6 Å². The standard InChI is InChI=1S/C30H35ClFN5O3S/c1-6-25(38)37-18(2)14-35(15-19(37)3)29-23-13-24(31)26(20-7-9-21(32)10-8-20)28-27(23)36(30(39)33-29)16-22(17-41-28)40-12-11-34(4)5/h6-10,13,18-19,22H,1,11-12,14-17H2,2-5H3/t18-,19+,22?. The minimum atomic E-state index is -0.366. The molecule has 41 heavy (non-hydrogen) atoms. The number of nitrogens with zero attached hydrogens (tertiary/aromatic N) is 5. The van der Waals surface area contributed by atoms with Gasteiger partial charge in [0, 0.05) is 53.3 Å². The highest BCUT2D eigenvalue weighted by Gasteiger charge is 2.35. The van der Waals surface area contributed by atoms with E-state index in [1.807, 2.05) is 38.9 Å². The van der Waals surface area contributed by atoms with Gasteiger partial charge in [-0.05, 0) is 57.8 Å². The van der Waals surface area contributed by atoms with Gasteiger partial charge in [-0.2, -0.15) is 4.98 Å². The van der Waals surface area contributed by atoms with Crippen molar-refractivity contribution in [1.82, 2.24) is 19.4 Å². The van der Waals surface area contributed by atoms with Gasteiger partial charge in [0.15, 0.2) is 0 Å². The third-order valence-electron chi connectivity index (χ3n) is 7.62. The molecule has 0 aliphatic carbocycles. The molecule has 0 saturated carbocycles. The average Bonchev–Trinajstić information content (AvgIpc) is 3.11. The summed E-state index contributed by atoms with van der Waals surface area (Å²) in [6, 6.07) is 7.87. The van der Waals surface area contributed by atoms with Gasteiger partial charge in [0.25, 0.3) is 0 Å². The molecule has 1 aromatic heterocycles. The lowest BCUT2D eigenvalue weighted by molar-refractivity contribution is -0.130. The van der Waals surface area contributed by atoms with Gasteiger partial charge in [0.2, 0.25) is 5.91 Å². The SMILES string of the molecule is C=CC(=O)N1[C@H](C)CN(c2nc(=O)n3c4c(c(-c5ccc(F)cc5)c(Cl)cc24)SCC(OCCN(C)C)C3)C[C@@H]1C. The van der Waals surface area contributed by atoms with Crippen LogP contribution in [-0.4, -0.2) is 89.5 Å². The van der Waals surface area contributed by atoms with Crippen molar-refractivity contribution in [2.75, 3.05) is 51.0 Å². The van der Waals surface area contributed by atoms with Crippen LogP contribution in [0.1, 0.15) is 13.8 Å². The number of thioether (sulfide) groups is 1. The van der Waals surface area contributed by atoms with E-state index in [1.54, 1.807) is 28.5 Å². The molecular weight excluding hydrogens is 565 g/mol. The Morgan fingerprint density at radius 2 is 1.90 bits per heavy atom. The van der Waals surface area contributed by atoms with Crippen LogP contribution in [0.15, 0.2) is 52.7 Å². The molecule has 218 valence electrons. The van der Waals surface area contributed by atoms with Gasteiger partial charge in [0.05, 0.1) is 29.8 Å². The normalized spacial score (nSPS) is 20.9. The number of benzene rings is 2. The van der Waals surface area contributed by atoms with Crippen LogP contribution in [-0.2, 0) is 16.1 Å². The molecule has 3 atom stereocenters. The number of carbonyl (C=O) groups is 1. The first kappa shape index (κ1) is 29.6. The molecule has 1 saturated heterocycles. The monoisotopic (exact) mass is 599 g/mol. The molecular formula is C30H35ClFN5O3S. The van der Waals surface area contributed by atoms with Crippen LogP contribution in [0.3, 0.4) is 0 Å². The maximum Gasteiger partial charge on any atom is 0.350 e. The van der Waals surface area contributed by atoms with Gasteiger partial charge in [-0.15, -0.1) is 11.8 Å². The smallest absolute Gasteiger partial charge is 0.350 e. The highest BCUT2D eigenvalue weighted by molar-refractivity contribution is 7.99. The first-order valence-corrected chi connectivity index (χ1v) is 15.1. The summed E-state index contributed by atoms with van der Waals surface area (Å²) in [5.74, 6) is 0.713. The summed E-state index contributed by atoms with van der Waals surface area (Å²) in [4.78, 5) is 37.6. The lowest BCUT2D eigenvalue weighted by atomic mass is 10.0. The number of anilines is 1. The van der Waals surface area contributed by atoms with Crippen molar-refractivity contribution in [2.45, 2.75) is 43.5 Å². The predicted molar refractivity (Wildman–Crippen MR) is 164 cm³/mol. The second kappa shape index (κ2) is 12.1. The summed E-state index contributed by atoms with van der Waals surface area (Å²) in [5, 5.41) is 1.26. The summed E-state index contributed by atoms with van der Waals surface area (Å²) in [6.07, 6.45) is 1.12. The molecule has 5 rings (SSSR count). The zero-order valence-corrected chi connectivity index (χ0v) is 25.3. The quantitative estimate of drug-likeness (QED) is 0.370. The maximum atomic E-state index is 13.8. The minimum absolute atomic E-state index is 0.114. The van der Waals surface area contributed by atoms with Crippen LogP contribution >= 0.6 is 23.4 Å². The van der Waals surface area contributed by atoms with Gasteiger partial charge in [-0.3, -0.25) is 9.36 Å². The van der Waals surface area contributed by atoms with Crippen molar-refractivity contribution in [2.24, 2.45) is 0 Å². The van der Waals surface area contributed by atoms with Crippen molar-refractivity contribution in [3.8, 4) is 11.1 Å². The van der Waals surface area contributed by atoms with Gasteiger partial charge in [-0.1, -0.05) is 30.3 Å². The summed E-state index contributed by atoms with van der Waals surface area (Å²) in [7, 11) is 3.98. The highest BCUT2D eigenvalue weighted by Crippen LogP contribution is 2.45. The van der Waals surface area contributed by atoms with Crippen molar-refractivity contribution in [3.63, 3.8) is 0 Å². The Morgan fingerprint density at radius 3 is 2.54 bits per heavy atom. The molecule has 1 amide bonds. The zero-order valence-electron chi connectivity index (χ0n) is 23.8. The van der Waals surface area contributed by atoms with Gasteiger partial charge < -0.3 is 19.4 Å². The van der Waals surface area contributed by atoms with E-state index in [-0.39, 0.29) is 35.6 Å². The zero-order chi connectivity index (χ0) is 29.4. The molecule has 11 heteroatoms. The number of halogens is 2. The van der Waals surface area contributed by atoms with E-state index in [1.165, 1.54) is 18.2 Å². The average molecular weight is 600 g/mol. The third-order valence-corrected chi connectivity index (χ3v) is 9.15. The van der Waals surface area contributed by atoms with Gasteiger partial charge >= 0.3 is 5.69 Å². The number of aromatic nitrogens is 2. The van der Waals surface area contributed by atoms with E-state index in [0.717, 1.165) is 33.5 Å². The van der Waals surface area contributed by atoms with Crippen LogP contribution < -0.4 is 10.6 Å². The molecule has 2 aliphatic rings. The summed E-state index contributed by atoms with van der Waals surface area (Å²) in [5.41, 5.74) is 1.91. The molecule has 2 aliphatic heterocycles. The van der Waals surface area contributed by atoms with Crippen LogP contribution in [0.4, 0.5) is 10.2 Å². The predicted octanol–water partition coefficient (Wildman–Crippen LogP) is 4.52. The lowest BCUT2D eigenvalue weighted by Crippen LogP contribution is -2.58. The topological polar surface area (TPSA) is 70.9 Å². The maximum absolute atomic E-state index is 13.8. The molecule has 0 N–H and O–H groups in total. The number of rotatable bonds is 7. The van der Waals surface area contributed by atoms with E-state index in [0.29, 0.717) is 42.8 Å². The Bertz CT molecular complexity index is 1520. The number of carbonyl (C=O) groups excluding carboxylic acids is 1. The molecule has 1 unspecified atom stereocenters. The fourth-order valence-electron chi connectivity index (χ4n) is 5.77. The Hall–Kier alpha value is -2.92. The number of likely N-dealkylation sites (N-methyl/N-ethyl adjacent to an activating group) is 1. The highest BCUT2D eigenvalue weighted by atomic mass is 35.5. The van der Waals surface area contributed by atoms with Crippen LogP contribution in [0.25, 0.3) is 22.0 Å². The Balaban J connectivity index is 1.66. The number of ether oxygens (including phenoxy) is 1. The van der Waals surface area contributed by atoms with Crippen molar-refractivity contribution >= 4 is 46.0 Å². The second-order valence-electron chi connectivity index (χ2n) is 11.0. The van der Waals surface area contributed by atoms with E-state index < -0.39 is 0 Å².